The summed E-state index contributed by atoms with van der Waals surface area (Å²) in [7, 11) is 0. The average Bonchev–Trinajstić information content (AvgIpc) is 3.10. The minimum Gasteiger partial charge on any atom is -0.320 e. The molecule has 0 aliphatic carbocycles. The van der Waals surface area contributed by atoms with Crippen molar-refractivity contribution in [2.24, 2.45) is 0 Å². The number of hydrogen-bond acceptors (Lipinski definition) is 4. The highest BCUT2D eigenvalue weighted by Crippen LogP contribution is 2.30. The molecule has 4 aromatic rings. The highest BCUT2D eigenvalue weighted by Gasteiger charge is 2.17. The maximum absolute atomic E-state index is 12.7. The predicted octanol–water partition coefficient (Wildman–Crippen LogP) is 2.65. The molecule has 0 aliphatic rings. The monoisotopic (exact) mass is 313 g/mol. The standard InChI is InChI=1S/C18H11N5O/c19-10-15-20-11-23(22-15)17-16(12-6-2-1-3-7-12)13-8-4-5-9-14(13)21-18(17)24/h1-9,11H,(H,21,24). The molecular weight excluding hydrogens is 302 g/mol. The molecule has 1 N–H and O–H groups in total. The van der Waals surface area contributed by atoms with E-state index in [0.29, 0.717) is 5.69 Å². The number of nitrogens with zero attached hydrogens (tertiary/aromatic N) is 4. The van der Waals surface area contributed by atoms with Gasteiger partial charge < -0.3 is 4.98 Å². The van der Waals surface area contributed by atoms with Gasteiger partial charge in [0.15, 0.2) is 0 Å². The zero-order valence-electron chi connectivity index (χ0n) is 12.5. The van der Waals surface area contributed by atoms with E-state index in [-0.39, 0.29) is 11.4 Å². The Morgan fingerprint density at radius 1 is 1.04 bits per heavy atom. The number of aromatic nitrogens is 4. The van der Waals surface area contributed by atoms with Gasteiger partial charge in [-0.2, -0.15) is 5.26 Å². The van der Waals surface area contributed by atoms with Crippen molar-refractivity contribution < 1.29 is 0 Å². The summed E-state index contributed by atoms with van der Waals surface area (Å²) in [6, 6.07) is 19.1. The fourth-order valence-corrected chi connectivity index (χ4v) is 2.77. The van der Waals surface area contributed by atoms with E-state index in [1.54, 1.807) is 0 Å². The van der Waals surface area contributed by atoms with Gasteiger partial charge in [0.2, 0.25) is 0 Å². The lowest BCUT2D eigenvalue weighted by Crippen LogP contribution is -2.17. The quantitative estimate of drug-likeness (QED) is 0.616. The topological polar surface area (TPSA) is 87.4 Å². The molecule has 24 heavy (non-hydrogen) atoms. The number of hydrogen-bond donors (Lipinski definition) is 1. The third-order valence-corrected chi connectivity index (χ3v) is 3.78. The third-order valence-electron chi connectivity index (χ3n) is 3.78. The van der Waals surface area contributed by atoms with Crippen LogP contribution in [0.1, 0.15) is 5.82 Å². The molecule has 2 aromatic heterocycles. The summed E-state index contributed by atoms with van der Waals surface area (Å²) in [5, 5.41) is 13.9. The van der Waals surface area contributed by atoms with Gasteiger partial charge in [0.1, 0.15) is 18.1 Å². The van der Waals surface area contributed by atoms with Crippen LogP contribution in [0.25, 0.3) is 27.7 Å². The molecule has 6 nitrogen and oxygen atoms in total. The minimum atomic E-state index is -0.290. The Morgan fingerprint density at radius 3 is 2.54 bits per heavy atom. The largest absolute Gasteiger partial charge is 0.320 e. The molecule has 0 radical (unpaired) electrons. The van der Waals surface area contributed by atoms with E-state index >= 15 is 0 Å². The summed E-state index contributed by atoms with van der Waals surface area (Å²) in [5.74, 6) is 0.0153. The second kappa shape index (κ2) is 5.48. The summed E-state index contributed by atoms with van der Waals surface area (Å²) < 4.78 is 1.35. The highest BCUT2D eigenvalue weighted by atomic mass is 16.1. The van der Waals surface area contributed by atoms with Crippen LogP contribution in [-0.4, -0.2) is 19.7 Å². The van der Waals surface area contributed by atoms with E-state index < -0.39 is 0 Å². The van der Waals surface area contributed by atoms with E-state index in [1.807, 2.05) is 60.7 Å². The van der Waals surface area contributed by atoms with Crippen LogP contribution in [0.15, 0.2) is 65.7 Å². The Morgan fingerprint density at radius 2 is 1.79 bits per heavy atom. The molecule has 0 fully saturated rings. The molecule has 6 heteroatoms. The van der Waals surface area contributed by atoms with E-state index in [9.17, 15) is 4.79 Å². The molecule has 4 rings (SSSR count). The molecule has 2 aromatic carbocycles. The number of nitrogens with one attached hydrogen (secondary N) is 1. The molecule has 114 valence electrons. The molecule has 2 heterocycles. The van der Waals surface area contributed by atoms with Crippen LogP contribution in [0.3, 0.4) is 0 Å². The van der Waals surface area contributed by atoms with Gasteiger partial charge in [0, 0.05) is 16.5 Å². The number of aromatic amines is 1. The molecular formula is C18H11N5O. The lowest BCUT2D eigenvalue weighted by molar-refractivity contribution is 0.861. The van der Waals surface area contributed by atoms with Crippen LogP contribution < -0.4 is 5.56 Å². The van der Waals surface area contributed by atoms with E-state index in [0.717, 1.165) is 22.0 Å². The Labute approximate surface area is 136 Å². The van der Waals surface area contributed by atoms with E-state index in [4.69, 9.17) is 5.26 Å². The van der Waals surface area contributed by atoms with E-state index in [2.05, 4.69) is 15.1 Å². The van der Waals surface area contributed by atoms with Gasteiger partial charge in [-0.1, -0.05) is 48.5 Å². The summed E-state index contributed by atoms with van der Waals surface area (Å²) in [5.41, 5.74) is 2.44. The highest BCUT2D eigenvalue weighted by molar-refractivity contribution is 5.98. The van der Waals surface area contributed by atoms with Crippen LogP contribution in [0.5, 0.6) is 0 Å². The van der Waals surface area contributed by atoms with Gasteiger partial charge >= 0.3 is 0 Å². The predicted molar refractivity (Wildman–Crippen MR) is 89.6 cm³/mol. The maximum Gasteiger partial charge on any atom is 0.275 e. The van der Waals surface area contributed by atoms with Crippen LogP contribution in [0, 0.1) is 11.3 Å². The molecule has 0 saturated carbocycles. The van der Waals surface area contributed by atoms with Crippen LogP contribution in [-0.2, 0) is 0 Å². The fraction of sp³-hybridized carbons (Fsp3) is 0. The first-order valence-corrected chi connectivity index (χ1v) is 7.30. The van der Waals surface area contributed by atoms with Crippen molar-refractivity contribution in [1.82, 2.24) is 19.7 Å². The summed E-state index contributed by atoms with van der Waals surface area (Å²) in [6.07, 6.45) is 1.38. The number of H-pyrrole nitrogens is 1. The minimum absolute atomic E-state index is 0.0153. The second-order valence-electron chi connectivity index (χ2n) is 5.21. The van der Waals surface area contributed by atoms with Crippen LogP contribution in [0.4, 0.5) is 0 Å². The SMILES string of the molecule is N#Cc1ncn(-c2c(-c3ccccc3)c3ccccc3[nH]c2=O)n1. The molecule has 0 spiro atoms. The first kappa shape index (κ1) is 13.9. The average molecular weight is 313 g/mol. The van der Waals surface area contributed by atoms with Crippen LogP contribution >= 0.6 is 0 Å². The molecule has 0 atom stereocenters. The van der Waals surface area contributed by atoms with Gasteiger partial charge in [-0.15, -0.1) is 5.10 Å². The number of rotatable bonds is 2. The van der Waals surface area contributed by atoms with Crippen LogP contribution in [0.2, 0.25) is 0 Å². The van der Waals surface area contributed by atoms with Crippen molar-refractivity contribution in [3.63, 3.8) is 0 Å². The maximum atomic E-state index is 12.7. The number of fused-ring (bicyclic) bond motifs is 1. The van der Waals surface area contributed by atoms with Gasteiger partial charge in [-0.3, -0.25) is 4.79 Å². The van der Waals surface area contributed by atoms with Crippen molar-refractivity contribution in [3.8, 4) is 22.9 Å². The number of para-hydroxylation sites is 1. The Kier molecular flexibility index (Phi) is 3.18. The van der Waals surface area contributed by atoms with Gasteiger partial charge in [-0.25, -0.2) is 9.67 Å². The van der Waals surface area contributed by atoms with Crippen molar-refractivity contribution >= 4 is 10.9 Å². The van der Waals surface area contributed by atoms with Gasteiger partial charge in [0.25, 0.3) is 11.4 Å². The lowest BCUT2D eigenvalue weighted by atomic mass is 9.99. The zero-order chi connectivity index (χ0) is 16.5. The second-order valence-corrected chi connectivity index (χ2v) is 5.21. The molecule has 0 unspecified atom stereocenters. The van der Waals surface area contributed by atoms with Crippen molar-refractivity contribution in [3.05, 3.63) is 77.1 Å². The number of pyridine rings is 1. The van der Waals surface area contributed by atoms with Crippen molar-refractivity contribution in [2.45, 2.75) is 0 Å². The van der Waals surface area contributed by atoms with Gasteiger partial charge in [-0.05, 0) is 11.6 Å². The van der Waals surface area contributed by atoms with Gasteiger partial charge in [0.05, 0.1) is 0 Å². The lowest BCUT2D eigenvalue weighted by Gasteiger charge is -2.12. The van der Waals surface area contributed by atoms with Crippen molar-refractivity contribution in [2.75, 3.05) is 0 Å². The molecule has 0 bridgehead atoms. The molecule has 0 saturated heterocycles. The van der Waals surface area contributed by atoms with Crippen molar-refractivity contribution in [1.29, 1.82) is 5.26 Å². The molecule has 0 amide bonds. The van der Waals surface area contributed by atoms with E-state index in [1.165, 1.54) is 11.0 Å². The first-order chi connectivity index (χ1) is 11.8. The Bertz CT molecular complexity index is 1140. The first-order valence-electron chi connectivity index (χ1n) is 7.30. The normalized spacial score (nSPS) is 10.6. The number of nitriles is 1. The zero-order valence-corrected chi connectivity index (χ0v) is 12.5. The smallest absolute Gasteiger partial charge is 0.275 e. The summed E-state index contributed by atoms with van der Waals surface area (Å²) in [4.78, 5) is 19.5. The summed E-state index contributed by atoms with van der Waals surface area (Å²) in [6.45, 7) is 0. The number of benzene rings is 2. The molecule has 0 aliphatic heterocycles. The Balaban J connectivity index is 2.15. The fourth-order valence-electron chi connectivity index (χ4n) is 2.77. The Hall–Kier alpha value is -3.72. The summed E-state index contributed by atoms with van der Waals surface area (Å²) >= 11 is 0. The third kappa shape index (κ3) is 2.16.